The van der Waals surface area contributed by atoms with Gasteiger partial charge in [0.25, 0.3) is 0 Å². The van der Waals surface area contributed by atoms with Crippen molar-refractivity contribution in [3.8, 4) is 0 Å². The third-order valence-electron chi connectivity index (χ3n) is 4.06. The number of benzene rings is 1. The summed E-state index contributed by atoms with van der Waals surface area (Å²) in [6.45, 7) is 4.43. The molecule has 1 aromatic heterocycles. The highest BCUT2D eigenvalue weighted by Crippen LogP contribution is 2.26. The van der Waals surface area contributed by atoms with Crippen LogP contribution >= 0.6 is 0 Å². The molecule has 1 aromatic carbocycles. The van der Waals surface area contributed by atoms with Gasteiger partial charge in [-0.1, -0.05) is 6.92 Å². The van der Waals surface area contributed by atoms with Crippen LogP contribution in [0, 0.1) is 5.92 Å². The number of rotatable bonds is 3. The molecule has 0 radical (unpaired) electrons. The number of piperidine rings is 1. The monoisotopic (exact) mass is 273 g/mol. The summed E-state index contributed by atoms with van der Waals surface area (Å²) in [6.07, 6.45) is 4.05. The molecule has 1 aliphatic rings. The summed E-state index contributed by atoms with van der Waals surface area (Å²) >= 11 is 0. The Labute approximate surface area is 117 Å². The number of aliphatic carboxylic acids is 1. The lowest BCUT2D eigenvalue weighted by Crippen LogP contribution is -2.32. The van der Waals surface area contributed by atoms with E-state index in [-0.39, 0.29) is 6.54 Å². The Morgan fingerprint density at radius 1 is 1.40 bits per heavy atom. The van der Waals surface area contributed by atoms with Crippen molar-refractivity contribution < 1.29 is 9.90 Å². The van der Waals surface area contributed by atoms with Gasteiger partial charge in [0.15, 0.2) is 0 Å². The van der Waals surface area contributed by atoms with Gasteiger partial charge < -0.3 is 14.6 Å². The van der Waals surface area contributed by atoms with Crippen LogP contribution in [-0.4, -0.2) is 33.7 Å². The smallest absolute Gasteiger partial charge is 0.323 e. The van der Waals surface area contributed by atoms with E-state index in [1.165, 1.54) is 18.5 Å². The number of carboxylic acid groups (broad SMARTS) is 1. The molecule has 0 saturated carbocycles. The molecule has 0 amide bonds. The normalized spacial score (nSPS) is 16.8. The van der Waals surface area contributed by atoms with Gasteiger partial charge in [-0.25, -0.2) is 4.98 Å². The third-order valence-corrected chi connectivity index (χ3v) is 4.06. The van der Waals surface area contributed by atoms with Crippen molar-refractivity contribution in [2.45, 2.75) is 26.3 Å². The SMILES string of the molecule is CC1CCN(c2ccc3c(c2)ncn3CC(=O)O)CC1. The minimum Gasteiger partial charge on any atom is -0.480 e. The van der Waals surface area contributed by atoms with Crippen LogP contribution in [0.1, 0.15) is 19.8 Å². The standard InChI is InChI=1S/C15H19N3O2/c1-11-4-6-17(7-5-11)12-2-3-14-13(8-12)16-10-18(14)9-15(19)20/h2-3,8,10-11H,4-7,9H2,1H3,(H,19,20). The Morgan fingerprint density at radius 2 is 2.15 bits per heavy atom. The molecule has 20 heavy (non-hydrogen) atoms. The lowest BCUT2D eigenvalue weighted by Gasteiger charge is -2.32. The van der Waals surface area contributed by atoms with E-state index in [4.69, 9.17) is 5.11 Å². The molecule has 0 unspecified atom stereocenters. The summed E-state index contributed by atoms with van der Waals surface area (Å²) in [5.41, 5.74) is 2.92. The highest BCUT2D eigenvalue weighted by atomic mass is 16.4. The number of hydrogen-bond acceptors (Lipinski definition) is 3. The molecule has 3 rings (SSSR count). The molecule has 106 valence electrons. The molecule has 0 atom stereocenters. The van der Waals surface area contributed by atoms with Crippen molar-refractivity contribution in [3.63, 3.8) is 0 Å². The topological polar surface area (TPSA) is 58.4 Å². The van der Waals surface area contributed by atoms with E-state index >= 15 is 0 Å². The van der Waals surface area contributed by atoms with E-state index in [9.17, 15) is 4.79 Å². The van der Waals surface area contributed by atoms with Gasteiger partial charge in [-0.2, -0.15) is 0 Å². The second-order valence-corrected chi connectivity index (χ2v) is 5.61. The van der Waals surface area contributed by atoms with E-state index in [2.05, 4.69) is 28.9 Å². The molecule has 1 aliphatic heterocycles. The fourth-order valence-electron chi connectivity index (χ4n) is 2.79. The van der Waals surface area contributed by atoms with E-state index in [0.717, 1.165) is 30.0 Å². The summed E-state index contributed by atoms with van der Waals surface area (Å²) in [6, 6.07) is 6.10. The molecule has 1 saturated heterocycles. The van der Waals surface area contributed by atoms with Crippen LogP contribution in [0.4, 0.5) is 5.69 Å². The summed E-state index contributed by atoms with van der Waals surface area (Å²) < 4.78 is 1.67. The zero-order valence-electron chi connectivity index (χ0n) is 11.6. The van der Waals surface area contributed by atoms with Gasteiger partial charge in [-0.3, -0.25) is 4.79 Å². The maximum atomic E-state index is 10.8. The highest BCUT2D eigenvalue weighted by molar-refractivity contribution is 5.81. The van der Waals surface area contributed by atoms with Crippen LogP contribution < -0.4 is 4.90 Å². The van der Waals surface area contributed by atoms with Crippen LogP contribution in [0.25, 0.3) is 11.0 Å². The number of aromatic nitrogens is 2. The van der Waals surface area contributed by atoms with E-state index in [0.29, 0.717) is 0 Å². The van der Waals surface area contributed by atoms with Gasteiger partial charge >= 0.3 is 5.97 Å². The zero-order chi connectivity index (χ0) is 14.1. The number of nitrogens with zero attached hydrogens (tertiary/aromatic N) is 3. The van der Waals surface area contributed by atoms with Gasteiger partial charge in [0.2, 0.25) is 0 Å². The quantitative estimate of drug-likeness (QED) is 0.932. The number of fused-ring (bicyclic) bond motifs is 1. The summed E-state index contributed by atoms with van der Waals surface area (Å²) in [4.78, 5) is 17.5. The first-order valence-electron chi connectivity index (χ1n) is 7.05. The van der Waals surface area contributed by atoms with Crippen molar-refractivity contribution in [1.29, 1.82) is 0 Å². The highest BCUT2D eigenvalue weighted by Gasteiger charge is 2.17. The van der Waals surface area contributed by atoms with Crippen LogP contribution in [0.5, 0.6) is 0 Å². The minimum absolute atomic E-state index is 0.0446. The summed E-state index contributed by atoms with van der Waals surface area (Å²) in [7, 11) is 0. The van der Waals surface area contributed by atoms with Gasteiger partial charge in [-0.15, -0.1) is 0 Å². The van der Waals surface area contributed by atoms with Crippen molar-refractivity contribution in [2.75, 3.05) is 18.0 Å². The Kier molecular flexibility index (Phi) is 3.34. The molecular weight excluding hydrogens is 254 g/mol. The van der Waals surface area contributed by atoms with Crippen LogP contribution in [0.3, 0.4) is 0 Å². The molecule has 2 aromatic rings. The number of hydrogen-bond donors (Lipinski definition) is 1. The number of imidazole rings is 1. The Hall–Kier alpha value is -2.04. The molecule has 1 N–H and O–H groups in total. The molecule has 0 spiro atoms. The fourth-order valence-corrected chi connectivity index (χ4v) is 2.79. The van der Waals surface area contributed by atoms with E-state index in [1.54, 1.807) is 10.9 Å². The first-order valence-corrected chi connectivity index (χ1v) is 7.05. The molecule has 0 aliphatic carbocycles. The second-order valence-electron chi connectivity index (χ2n) is 5.61. The van der Waals surface area contributed by atoms with Gasteiger partial charge in [0.1, 0.15) is 6.54 Å². The summed E-state index contributed by atoms with van der Waals surface area (Å²) in [5, 5.41) is 8.87. The average Bonchev–Trinajstić information content (AvgIpc) is 2.81. The first kappa shape index (κ1) is 13.0. The van der Waals surface area contributed by atoms with Crippen molar-refractivity contribution in [1.82, 2.24) is 9.55 Å². The van der Waals surface area contributed by atoms with Gasteiger partial charge in [-0.05, 0) is 37.0 Å². The predicted molar refractivity (Wildman–Crippen MR) is 78.0 cm³/mol. The van der Waals surface area contributed by atoms with Crippen molar-refractivity contribution in [2.24, 2.45) is 5.92 Å². The molecular formula is C15H19N3O2. The van der Waals surface area contributed by atoms with E-state index < -0.39 is 5.97 Å². The lowest BCUT2D eigenvalue weighted by atomic mass is 9.99. The Morgan fingerprint density at radius 3 is 2.85 bits per heavy atom. The number of carboxylic acids is 1. The Bertz CT molecular complexity index is 627. The predicted octanol–water partition coefficient (Wildman–Crippen LogP) is 2.36. The molecule has 5 heteroatoms. The first-order chi connectivity index (χ1) is 9.63. The minimum atomic E-state index is -0.849. The van der Waals surface area contributed by atoms with Crippen molar-refractivity contribution >= 4 is 22.7 Å². The third kappa shape index (κ3) is 2.48. The maximum Gasteiger partial charge on any atom is 0.323 e. The zero-order valence-corrected chi connectivity index (χ0v) is 11.6. The average molecular weight is 273 g/mol. The lowest BCUT2D eigenvalue weighted by molar-refractivity contribution is -0.137. The van der Waals surface area contributed by atoms with Crippen LogP contribution in [0.2, 0.25) is 0 Å². The van der Waals surface area contributed by atoms with Gasteiger partial charge in [0.05, 0.1) is 17.4 Å². The molecule has 1 fully saturated rings. The maximum absolute atomic E-state index is 10.8. The summed E-state index contributed by atoms with van der Waals surface area (Å²) in [5.74, 6) is -0.0387. The number of carbonyl (C=O) groups is 1. The van der Waals surface area contributed by atoms with E-state index in [1.807, 2.05) is 6.07 Å². The molecule has 0 bridgehead atoms. The second kappa shape index (κ2) is 5.15. The Balaban J connectivity index is 1.86. The largest absolute Gasteiger partial charge is 0.480 e. The number of anilines is 1. The fraction of sp³-hybridized carbons (Fsp3) is 0.467. The van der Waals surface area contributed by atoms with Gasteiger partial charge in [0, 0.05) is 18.8 Å². The molecule has 5 nitrogen and oxygen atoms in total. The van der Waals surface area contributed by atoms with Crippen molar-refractivity contribution in [3.05, 3.63) is 24.5 Å². The van der Waals surface area contributed by atoms with Crippen LogP contribution in [0.15, 0.2) is 24.5 Å². The van der Waals surface area contributed by atoms with Crippen LogP contribution in [-0.2, 0) is 11.3 Å². The molecule has 2 heterocycles.